The molecule has 1 fully saturated rings. The normalized spacial score (nSPS) is 15.8. The average Bonchev–Trinajstić information content (AvgIpc) is 2.95. The quantitative estimate of drug-likeness (QED) is 0.782. The Balaban J connectivity index is 1.83. The second-order valence-electron chi connectivity index (χ2n) is 6.14. The molecule has 0 saturated heterocycles. The maximum atomic E-state index is 12.3. The maximum Gasteiger partial charge on any atom is 0.338 e. The van der Waals surface area contributed by atoms with Gasteiger partial charge in [-0.15, -0.1) is 11.3 Å². The van der Waals surface area contributed by atoms with Crippen molar-refractivity contribution in [1.82, 2.24) is 4.40 Å². The molecule has 0 spiro atoms. The van der Waals surface area contributed by atoms with Crippen molar-refractivity contribution >= 4 is 32.4 Å². The van der Waals surface area contributed by atoms with Crippen molar-refractivity contribution < 1.29 is 14.6 Å². The first kappa shape index (κ1) is 15.2. The highest BCUT2D eigenvalue weighted by atomic mass is 32.1. The second-order valence-corrected chi connectivity index (χ2v) is 7.17. The molecular weight excluding hydrogens is 326 g/mol. The van der Waals surface area contributed by atoms with Gasteiger partial charge in [-0.05, 0) is 43.9 Å². The van der Waals surface area contributed by atoms with Crippen molar-refractivity contribution in [3.8, 4) is 5.75 Å². The van der Waals surface area contributed by atoms with Crippen LogP contribution in [0.15, 0.2) is 35.1 Å². The monoisotopic (exact) mass is 343 g/mol. The number of hydrogen-bond acceptors (Lipinski definition) is 4. The number of hydrogen-bond donors (Lipinski definition) is 1. The van der Waals surface area contributed by atoms with Crippen molar-refractivity contribution in [2.45, 2.75) is 38.2 Å². The van der Waals surface area contributed by atoms with E-state index in [1.54, 1.807) is 0 Å². The third-order valence-corrected chi connectivity index (χ3v) is 5.67. The van der Waals surface area contributed by atoms with E-state index >= 15 is 0 Å². The highest BCUT2D eigenvalue weighted by molar-refractivity contribution is 7.24. The lowest BCUT2D eigenvalue weighted by Gasteiger charge is -2.22. The van der Waals surface area contributed by atoms with E-state index in [0.29, 0.717) is 10.3 Å². The third-order valence-electron chi connectivity index (χ3n) is 4.51. The minimum absolute atomic E-state index is 0.144. The molecule has 1 aliphatic carbocycles. The predicted octanol–water partition coefficient (Wildman–Crippen LogP) is 3.92. The lowest BCUT2D eigenvalue weighted by atomic mass is 9.98. The molecule has 1 saturated carbocycles. The number of aromatic nitrogens is 1. The molecular formula is C18H17NO4S. The smallest absolute Gasteiger partial charge is 0.338 e. The molecule has 0 radical (unpaired) electrons. The van der Waals surface area contributed by atoms with Gasteiger partial charge < -0.3 is 9.84 Å². The zero-order chi connectivity index (χ0) is 16.7. The Hall–Kier alpha value is -2.34. The Bertz CT molecular complexity index is 982. The number of benzene rings is 1. The van der Waals surface area contributed by atoms with Gasteiger partial charge in [0.2, 0.25) is 0 Å². The highest BCUT2D eigenvalue weighted by Gasteiger charge is 2.18. The summed E-state index contributed by atoms with van der Waals surface area (Å²) in [6.07, 6.45) is 6.00. The van der Waals surface area contributed by atoms with Crippen LogP contribution in [0, 0.1) is 0 Å². The van der Waals surface area contributed by atoms with Crippen LogP contribution in [0.3, 0.4) is 0 Å². The minimum Gasteiger partial charge on any atom is -0.490 e. The van der Waals surface area contributed by atoms with E-state index < -0.39 is 5.97 Å². The number of carboxylic acid groups (broad SMARTS) is 1. The van der Waals surface area contributed by atoms with Crippen LogP contribution in [0.4, 0.5) is 0 Å². The number of rotatable bonds is 3. The number of nitrogens with zero attached hydrogens (tertiary/aromatic N) is 1. The molecule has 3 aromatic rings. The predicted molar refractivity (Wildman–Crippen MR) is 93.5 cm³/mol. The number of pyridine rings is 1. The maximum absolute atomic E-state index is 12.3. The van der Waals surface area contributed by atoms with Gasteiger partial charge in [0.05, 0.1) is 21.9 Å². The molecule has 0 atom stereocenters. The SMILES string of the molecule is O=C(O)c1ccc(=O)n2c1sc1ccc(OC3CCCCC3)cc12. The molecule has 0 aliphatic heterocycles. The second kappa shape index (κ2) is 5.94. The summed E-state index contributed by atoms with van der Waals surface area (Å²) in [5.74, 6) is -0.292. The van der Waals surface area contributed by atoms with Crippen LogP contribution in [0.25, 0.3) is 15.0 Å². The minimum atomic E-state index is -1.03. The van der Waals surface area contributed by atoms with Gasteiger partial charge in [0.15, 0.2) is 0 Å². The fourth-order valence-electron chi connectivity index (χ4n) is 3.32. The summed E-state index contributed by atoms with van der Waals surface area (Å²) in [6.45, 7) is 0. The summed E-state index contributed by atoms with van der Waals surface area (Å²) < 4.78 is 8.41. The molecule has 4 rings (SSSR count). The Labute approximate surface area is 142 Å². The summed E-state index contributed by atoms with van der Waals surface area (Å²) in [7, 11) is 0. The van der Waals surface area contributed by atoms with Crippen LogP contribution in [-0.2, 0) is 0 Å². The Morgan fingerprint density at radius 2 is 1.96 bits per heavy atom. The lowest BCUT2D eigenvalue weighted by Crippen LogP contribution is -2.19. The van der Waals surface area contributed by atoms with E-state index in [2.05, 4.69) is 0 Å². The van der Waals surface area contributed by atoms with Crippen LogP contribution in [0.5, 0.6) is 5.75 Å². The molecule has 1 aromatic carbocycles. The van der Waals surface area contributed by atoms with Gasteiger partial charge in [-0.3, -0.25) is 9.20 Å². The van der Waals surface area contributed by atoms with Gasteiger partial charge in [-0.1, -0.05) is 6.42 Å². The molecule has 0 unspecified atom stereocenters. The molecule has 1 aliphatic rings. The van der Waals surface area contributed by atoms with Crippen LogP contribution < -0.4 is 10.3 Å². The fraction of sp³-hybridized carbons (Fsp3) is 0.333. The summed E-state index contributed by atoms with van der Waals surface area (Å²) >= 11 is 1.31. The molecule has 24 heavy (non-hydrogen) atoms. The molecule has 0 bridgehead atoms. The topological polar surface area (TPSA) is 68.0 Å². The number of ether oxygens (including phenoxy) is 1. The highest BCUT2D eigenvalue weighted by Crippen LogP contribution is 2.31. The van der Waals surface area contributed by atoms with Gasteiger partial charge >= 0.3 is 5.97 Å². The number of carboxylic acids is 1. The number of fused-ring (bicyclic) bond motifs is 3. The van der Waals surface area contributed by atoms with Gasteiger partial charge in [0.25, 0.3) is 5.56 Å². The van der Waals surface area contributed by atoms with Gasteiger partial charge in [0, 0.05) is 12.1 Å². The van der Waals surface area contributed by atoms with E-state index in [9.17, 15) is 14.7 Å². The number of thiazole rings is 1. The molecule has 1 N–H and O–H groups in total. The first-order valence-electron chi connectivity index (χ1n) is 8.12. The summed E-state index contributed by atoms with van der Waals surface area (Å²) in [6, 6.07) is 8.32. The van der Waals surface area contributed by atoms with E-state index in [-0.39, 0.29) is 17.2 Å². The van der Waals surface area contributed by atoms with E-state index in [4.69, 9.17) is 4.74 Å². The largest absolute Gasteiger partial charge is 0.490 e. The van der Waals surface area contributed by atoms with E-state index in [1.165, 1.54) is 47.1 Å². The van der Waals surface area contributed by atoms with Crippen LogP contribution >= 0.6 is 11.3 Å². The molecule has 5 nitrogen and oxygen atoms in total. The molecule has 6 heteroatoms. The van der Waals surface area contributed by atoms with Crippen molar-refractivity contribution in [3.05, 3.63) is 46.2 Å². The standard InChI is InChI=1S/C18H17NO4S/c20-16-9-7-13(18(21)22)17-19(16)14-10-12(6-8-15(14)24-17)23-11-4-2-1-3-5-11/h6-11H,1-5H2,(H,21,22). The van der Waals surface area contributed by atoms with Crippen LogP contribution in [0.2, 0.25) is 0 Å². The van der Waals surface area contributed by atoms with Crippen molar-refractivity contribution in [3.63, 3.8) is 0 Å². The van der Waals surface area contributed by atoms with Crippen LogP contribution in [-0.4, -0.2) is 21.6 Å². The Morgan fingerprint density at radius 1 is 1.17 bits per heavy atom. The van der Waals surface area contributed by atoms with Crippen LogP contribution in [0.1, 0.15) is 42.5 Å². The lowest BCUT2D eigenvalue weighted by molar-refractivity contribution is 0.0699. The zero-order valence-electron chi connectivity index (χ0n) is 13.0. The van der Waals surface area contributed by atoms with E-state index in [0.717, 1.165) is 23.3 Å². The van der Waals surface area contributed by atoms with Gasteiger partial charge in [-0.2, -0.15) is 0 Å². The molecule has 124 valence electrons. The zero-order valence-corrected chi connectivity index (χ0v) is 13.8. The third kappa shape index (κ3) is 2.57. The Morgan fingerprint density at radius 3 is 2.71 bits per heavy atom. The van der Waals surface area contributed by atoms with E-state index in [1.807, 2.05) is 18.2 Å². The van der Waals surface area contributed by atoms with Crippen molar-refractivity contribution in [1.29, 1.82) is 0 Å². The van der Waals surface area contributed by atoms with Crippen molar-refractivity contribution in [2.75, 3.05) is 0 Å². The molecule has 2 aromatic heterocycles. The summed E-state index contributed by atoms with van der Waals surface area (Å²) in [5.41, 5.74) is 0.623. The average molecular weight is 343 g/mol. The summed E-state index contributed by atoms with van der Waals surface area (Å²) in [4.78, 5) is 24.1. The molecule has 2 heterocycles. The first-order valence-corrected chi connectivity index (χ1v) is 8.93. The summed E-state index contributed by atoms with van der Waals surface area (Å²) in [5, 5.41) is 9.34. The first-order chi connectivity index (χ1) is 11.6. The fourth-order valence-corrected chi connectivity index (χ4v) is 4.47. The van der Waals surface area contributed by atoms with Gasteiger partial charge in [0.1, 0.15) is 10.6 Å². The number of aromatic carboxylic acids is 1. The Kier molecular flexibility index (Phi) is 3.76. The molecule has 0 amide bonds. The number of carbonyl (C=O) groups is 1. The van der Waals surface area contributed by atoms with Gasteiger partial charge in [-0.25, -0.2) is 4.79 Å². The van der Waals surface area contributed by atoms with Crippen molar-refractivity contribution in [2.24, 2.45) is 0 Å².